The fourth-order valence-corrected chi connectivity index (χ4v) is 4.03. The van der Waals surface area contributed by atoms with Crippen molar-refractivity contribution >= 4 is 11.3 Å². The summed E-state index contributed by atoms with van der Waals surface area (Å²) in [6.07, 6.45) is 4.11. The zero-order chi connectivity index (χ0) is 13.5. The molecule has 2 nitrogen and oxygen atoms in total. The van der Waals surface area contributed by atoms with Gasteiger partial charge in [-0.25, -0.2) is 4.98 Å². The molecule has 1 aliphatic rings. The lowest BCUT2D eigenvalue weighted by Gasteiger charge is -2.23. The smallest absolute Gasteiger partial charge is 0.113 e. The SMILES string of the molecule is CCC(N)(CC)c1nc2c(s1)CCc1ccccc1-2. The molecule has 1 aromatic heterocycles. The Morgan fingerprint density at radius 2 is 1.95 bits per heavy atom. The Bertz CT molecular complexity index is 597. The number of hydrogen-bond donors (Lipinski definition) is 1. The molecule has 0 saturated heterocycles. The van der Waals surface area contributed by atoms with Crippen molar-refractivity contribution in [3.8, 4) is 11.3 Å². The van der Waals surface area contributed by atoms with Crippen molar-refractivity contribution in [2.24, 2.45) is 5.73 Å². The van der Waals surface area contributed by atoms with Gasteiger partial charge in [-0.2, -0.15) is 0 Å². The molecule has 0 saturated carbocycles. The molecule has 0 bridgehead atoms. The van der Waals surface area contributed by atoms with Crippen LogP contribution in [0.4, 0.5) is 0 Å². The molecule has 2 N–H and O–H groups in total. The summed E-state index contributed by atoms with van der Waals surface area (Å²) in [5.74, 6) is 0. The number of nitrogens with zero attached hydrogens (tertiary/aromatic N) is 1. The Balaban J connectivity index is 2.11. The van der Waals surface area contributed by atoms with E-state index in [1.807, 2.05) is 11.3 Å². The third-order valence-corrected chi connectivity index (χ3v) is 5.61. The highest BCUT2D eigenvalue weighted by Crippen LogP contribution is 2.40. The first-order chi connectivity index (χ1) is 9.18. The van der Waals surface area contributed by atoms with E-state index in [9.17, 15) is 0 Å². The van der Waals surface area contributed by atoms with Crippen LogP contribution in [0.5, 0.6) is 0 Å². The molecule has 3 heteroatoms. The summed E-state index contributed by atoms with van der Waals surface area (Å²) in [4.78, 5) is 6.31. The minimum atomic E-state index is -0.253. The van der Waals surface area contributed by atoms with Crippen LogP contribution in [0.1, 0.15) is 42.1 Å². The van der Waals surface area contributed by atoms with E-state index in [1.165, 1.54) is 21.7 Å². The average molecular weight is 272 g/mol. The van der Waals surface area contributed by atoms with Crippen LogP contribution >= 0.6 is 11.3 Å². The van der Waals surface area contributed by atoms with E-state index in [2.05, 4.69) is 38.1 Å². The summed E-state index contributed by atoms with van der Waals surface area (Å²) in [5.41, 5.74) is 10.1. The van der Waals surface area contributed by atoms with E-state index in [1.54, 1.807) is 0 Å². The lowest BCUT2D eigenvalue weighted by atomic mass is 9.93. The van der Waals surface area contributed by atoms with Gasteiger partial charge in [-0.15, -0.1) is 11.3 Å². The molecule has 1 aliphatic carbocycles. The third-order valence-electron chi connectivity index (χ3n) is 4.28. The second-order valence-corrected chi connectivity index (χ2v) is 6.39. The Morgan fingerprint density at radius 3 is 2.68 bits per heavy atom. The zero-order valence-corrected chi connectivity index (χ0v) is 12.4. The van der Waals surface area contributed by atoms with Crippen LogP contribution in [0.25, 0.3) is 11.3 Å². The van der Waals surface area contributed by atoms with E-state index in [0.717, 1.165) is 30.7 Å². The second-order valence-electron chi connectivity index (χ2n) is 5.31. The van der Waals surface area contributed by atoms with E-state index in [-0.39, 0.29) is 5.54 Å². The highest BCUT2D eigenvalue weighted by molar-refractivity contribution is 7.12. The molecule has 0 amide bonds. The van der Waals surface area contributed by atoms with Crippen molar-refractivity contribution in [3.63, 3.8) is 0 Å². The van der Waals surface area contributed by atoms with Crippen molar-refractivity contribution in [1.29, 1.82) is 0 Å². The van der Waals surface area contributed by atoms with E-state index in [0.29, 0.717) is 0 Å². The van der Waals surface area contributed by atoms with Crippen LogP contribution in [0.2, 0.25) is 0 Å². The monoisotopic (exact) mass is 272 g/mol. The van der Waals surface area contributed by atoms with Gasteiger partial charge in [0, 0.05) is 10.4 Å². The Labute approximate surface area is 118 Å². The first-order valence-electron chi connectivity index (χ1n) is 7.05. The first kappa shape index (κ1) is 12.8. The van der Waals surface area contributed by atoms with Gasteiger partial charge in [0.25, 0.3) is 0 Å². The number of nitrogens with two attached hydrogens (primary N) is 1. The average Bonchev–Trinajstić information content (AvgIpc) is 2.91. The van der Waals surface area contributed by atoms with Crippen LogP contribution < -0.4 is 5.73 Å². The number of rotatable bonds is 3. The Kier molecular flexibility index (Phi) is 3.19. The highest BCUT2D eigenvalue weighted by Gasteiger charge is 2.30. The van der Waals surface area contributed by atoms with Crippen LogP contribution in [-0.2, 0) is 18.4 Å². The molecule has 0 unspecified atom stereocenters. The van der Waals surface area contributed by atoms with Gasteiger partial charge in [-0.1, -0.05) is 38.1 Å². The maximum atomic E-state index is 6.50. The first-order valence-corrected chi connectivity index (χ1v) is 7.87. The fourth-order valence-electron chi connectivity index (χ4n) is 2.71. The molecular weight excluding hydrogens is 252 g/mol. The third kappa shape index (κ3) is 2.01. The molecule has 0 fully saturated rings. The summed E-state index contributed by atoms with van der Waals surface area (Å²) >= 11 is 1.82. The van der Waals surface area contributed by atoms with E-state index in [4.69, 9.17) is 10.7 Å². The molecule has 100 valence electrons. The highest BCUT2D eigenvalue weighted by atomic mass is 32.1. The fraction of sp³-hybridized carbons (Fsp3) is 0.438. The molecule has 3 rings (SSSR count). The van der Waals surface area contributed by atoms with Gasteiger partial charge in [-0.3, -0.25) is 0 Å². The Morgan fingerprint density at radius 1 is 1.21 bits per heavy atom. The molecule has 19 heavy (non-hydrogen) atoms. The van der Waals surface area contributed by atoms with Gasteiger partial charge in [0.2, 0.25) is 0 Å². The van der Waals surface area contributed by atoms with Crippen LogP contribution in [-0.4, -0.2) is 4.98 Å². The summed E-state index contributed by atoms with van der Waals surface area (Å²) in [6.45, 7) is 4.30. The minimum absolute atomic E-state index is 0.253. The van der Waals surface area contributed by atoms with Crippen molar-refractivity contribution < 1.29 is 0 Å². The normalized spacial score (nSPS) is 14.1. The topological polar surface area (TPSA) is 38.9 Å². The molecule has 0 radical (unpaired) electrons. The molecule has 0 aliphatic heterocycles. The van der Waals surface area contributed by atoms with Crippen LogP contribution in [0.3, 0.4) is 0 Å². The van der Waals surface area contributed by atoms with E-state index < -0.39 is 0 Å². The van der Waals surface area contributed by atoms with Crippen LogP contribution in [0.15, 0.2) is 24.3 Å². The van der Waals surface area contributed by atoms with Crippen molar-refractivity contribution in [2.75, 3.05) is 0 Å². The maximum Gasteiger partial charge on any atom is 0.113 e. The summed E-state index contributed by atoms with van der Waals surface area (Å²) in [7, 11) is 0. The second kappa shape index (κ2) is 4.73. The molecule has 0 spiro atoms. The number of aryl methyl sites for hydroxylation is 2. The zero-order valence-electron chi connectivity index (χ0n) is 11.6. The number of fused-ring (bicyclic) bond motifs is 3. The lowest BCUT2D eigenvalue weighted by Crippen LogP contribution is -2.34. The quantitative estimate of drug-likeness (QED) is 0.921. The Hall–Kier alpha value is -1.19. The molecular formula is C16H20N2S. The van der Waals surface area contributed by atoms with Gasteiger partial charge < -0.3 is 5.73 Å². The van der Waals surface area contributed by atoms with Crippen LogP contribution in [0, 0.1) is 0 Å². The predicted molar refractivity (Wildman–Crippen MR) is 81.4 cm³/mol. The van der Waals surface area contributed by atoms with Crippen molar-refractivity contribution in [3.05, 3.63) is 39.7 Å². The molecule has 1 aromatic carbocycles. The van der Waals surface area contributed by atoms with Gasteiger partial charge in [0.05, 0.1) is 11.2 Å². The largest absolute Gasteiger partial charge is 0.319 e. The van der Waals surface area contributed by atoms with Gasteiger partial charge in [0.1, 0.15) is 5.01 Å². The molecule has 1 heterocycles. The predicted octanol–water partition coefficient (Wildman–Crippen LogP) is 3.88. The number of aromatic nitrogens is 1. The van der Waals surface area contributed by atoms with Gasteiger partial charge in [0.15, 0.2) is 0 Å². The summed E-state index contributed by atoms with van der Waals surface area (Å²) in [6, 6.07) is 8.62. The molecule has 0 atom stereocenters. The summed E-state index contributed by atoms with van der Waals surface area (Å²) < 4.78 is 0. The van der Waals surface area contributed by atoms with Crippen molar-refractivity contribution in [1.82, 2.24) is 4.98 Å². The summed E-state index contributed by atoms with van der Waals surface area (Å²) in [5, 5.41) is 1.11. The molecule has 2 aromatic rings. The number of benzene rings is 1. The lowest BCUT2D eigenvalue weighted by molar-refractivity contribution is 0.411. The van der Waals surface area contributed by atoms with Gasteiger partial charge in [-0.05, 0) is 31.2 Å². The van der Waals surface area contributed by atoms with Gasteiger partial charge >= 0.3 is 0 Å². The maximum absolute atomic E-state index is 6.50. The number of thiazole rings is 1. The number of hydrogen-bond acceptors (Lipinski definition) is 3. The minimum Gasteiger partial charge on any atom is -0.319 e. The van der Waals surface area contributed by atoms with Crippen molar-refractivity contribution in [2.45, 2.75) is 45.1 Å². The standard InChI is InChI=1S/C16H20N2S/c1-3-16(17,4-2)15-18-14-12-8-6-5-7-11(12)9-10-13(14)19-15/h5-8H,3-4,9-10,17H2,1-2H3. The van der Waals surface area contributed by atoms with E-state index >= 15 is 0 Å².